The van der Waals surface area contributed by atoms with Crippen molar-refractivity contribution in [3.63, 3.8) is 0 Å². The van der Waals surface area contributed by atoms with E-state index in [0.717, 1.165) is 19.2 Å². The zero-order valence-electron chi connectivity index (χ0n) is 13.8. The molecule has 140 valence electrons. The second-order valence-corrected chi connectivity index (χ2v) is 9.00. The van der Waals surface area contributed by atoms with Gasteiger partial charge in [-0.2, -0.15) is 18.3 Å². The molecule has 1 N–H and O–H groups in total. The molecule has 0 aliphatic rings. The Balaban J connectivity index is 3.58. The number of benzene rings is 1. The molecule has 0 saturated heterocycles. The van der Waals surface area contributed by atoms with Crippen molar-refractivity contribution in [1.82, 2.24) is 4.31 Å². The minimum absolute atomic E-state index is 0.0492. The third-order valence-corrected chi connectivity index (χ3v) is 6.44. The number of hydrogen-bond acceptors (Lipinski definition) is 6. The van der Waals surface area contributed by atoms with Gasteiger partial charge >= 0.3 is 5.76 Å². The van der Waals surface area contributed by atoms with Crippen LogP contribution in [-0.4, -0.2) is 46.6 Å². The van der Waals surface area contributed by atoms with E-state index in [1.807, 2.05) is 0 Å². The number of hydrogen-bond donors (Lipinski definition) is 1. The predicted molar refractivity (Wildman–Crippen MR) is 86.2 cm³/mol. The molecular formula is C13H17F2N3O5S2. The molecule has 0 atom stereocenters. The van der Waals surface area contributed by atoms with Crippen molar-refractivity contribution in [2.24, 2.45) is 0 Å². The highest BCUT2D eigenvalue weighted by Gasteiger charge is 2.36. The van der Waals surface area contributed by atoms with Gasteiger partial charge in [0.25, 0.3) is 10.0 Å². The number of nitriles is 1. The molecule has 0 spiro atoms. The number of rotatable bonds is 7. The van der Waals surface area contributed by atoms with Crippen LogP contribution >= 0.6 is 0 Å². The summed E-state index contributed by atoms with van der Waals surface area (Å²) >= 11 is 0. The van der Waals surface area contributed by atoms with Gasteiger partial charge in [-0.1, -0.05) is 0 Å². The van der Waals surface area contributed by atoms with Gasteiger partial charge in [-0.3, -0.25) is 4.72 Å². The fourth-order valence-corrected chi connectivity index (χ4v) is 3.85. The van der Waals surface area contributed by atoms with Gasteiger partial charge in [0.15, 0.2) is 0 Å². The minimum atomic E-state index is -5.11. The monoisotopic (exact) mass is 397 g/mol. The first kappa shape index (κ1) is 21.1. The fourth-order valence-electron chi connectivity index (χ4n) is 1.66. The van der Waals surface area contributed by atoms with E-state index in [1.165, 1.54) is 27.0 Å². The molecule has 1 aromatic carbocycles. The number of alkyl halides is 2. The summed E-state index contributed by atoms with van der Waals surface area (Å²) in [6.07, 6.45) is 0. The van der Waals surface area contributed by atoms with Crippen LogP contribution in [0.2, 0.25) is 0 Å². The van der Waals surface area contributed by atoms with Gasteiger partial charge in [0.1, 0.15) is 16.2 Å². The van der Waals surface area contributed by atoms with Gasteiger partial charge in [-0.25, -0.2) is 16.8 Å². The van der Waals surface area contributed by atoms with E-state index in [-0.39, 0.29) is 5.75 Å². The van der Waals surface area contributed by atoms with Crippen molar-refractivity contribution in [2.75, 3.05) is 18.9 Å². The van der Waals surface area contributed by atoms with Gasteiger partial charge in [0, 0.05) is 13.1 Å². The van der Waals surface area contributed by atoms with Crippen molar-refractivity contribution in [2.45, 2.75) is 30.0 Å². The maximum atomic E-state index is 12.7. The lowest BCUT2D eigenvalue weighted by Crippen LogP contribution is -2.44. The number of sulfonamides is 2. The highest BCUT2D eigenvalue weighted by Crippen LogP contribution is 2.32. The zero-order chi connectivity index (χ0) is 19.6. The van der Waals surface area contributed by atoms with Crippen LogP contribution in [0, 0.1) is 11.3 Å². The molecule has 0 amide bonds. The van der Waals surface area contributed by atoms with Gasteiger partial charge in [-0.05, 0) is 26.0 Å². The number of ether oxygens (including phenoxy) is 1. The lowest BCUT2D eigenvalue weighted by atomic mass is 10.1. The number of nitrogens with zero attached hydrogens (tertiary/aromatic N) is 2. The van der Waals surface area contributed by atoms with Crippen LogP contribution in [0.5, 0.6) is 5.75 Å². The average Bonchev–Trinajstić information content (AvgIpc) is 2.53. The molecular weight excluding hydrogens is 380 g/mol. The van der Waals surface area contributed by atoms with Crippen LogP contribution in [0.1, 0.15) is 13.8 Å². The number of halogens is 2. The Bertz CT molecular complexity index is 893. The van der Waals surface area contributed by atoms with Crippen molar-refractivity contribution in [3.8, 4) is 11.8 Å². The van der Waals surface area contributed by atoms with E-state index in [1.54, 1.807) is 10.8 Å². The van der Waals surface area contributed by atoms with E-state index in [2.05, 4.69) is 0 Å². The third kappa shape index (κ3) is 4.36. The molecule has 0 aliphatic heterocycles. The van der Waals surface area contributed by atoms with Crippen LogP contribution in [0.25, 0.3) is 0 Å². The first-order valence-electron chi connectivity index (χ1n) is 6.67. The smallest absolute Gasteiger partial charge is 0.355 e. The van der Waals surface area contributed by atoms with E-state index in [0.29, 0.717) is 4.31 Å². The summed E-state index contributed by atoms with van der Waals surface area (Å²) in [5.41, 5.74) is -2.07. The molecule has 8 nitrogen and oxygen atoms in total. The summed E-state index contributed by atoms with van der Waals surface area (Å²) < 4.78 is 80.7. The molecule has 0 unspecified atom stereocenters. The van der Waals surface area contributed by atoms with Crippen LogP contribution in [0.15, 0.2) is 23.1 Å². The van der Waals surface area contributed by atoms with E-state index < -0.39 is 41.9 Å². The van der Waals surface area contributed by atoms with Crippen LogP contribution in [0.3, 0.4) is 0 Å². The predicted octanol–water partition coefficient (Wildman–Crippen LogP) is 1.58. The average molecular weight is 397 g/mol. The second-order valence-electron chi connectivity index (χ2n) is 5.41. The largest absolute Gasteiger partial charge is 0.497 e. The first-order chi connectivity index (χ1) is 11.3. The molecule has 0 heterocycles. The van der Waals surface area contributed by atoms with Gasteiger partial charge in [0.2, 0.25) is 10.0 Å². The molecule has 12 heteroatoms. The summed E-state index contributed by atoms with van der Waals surface area (Å²) in [6, 6.07) is 4.97. The third-order valence-electron chi connectivity index (χ3n) is 3.37. The number of anilines is 1. The van der Waals surface area contributed by atoms with Crippen molar-refractivity contribution in [3.05, 3.63) is 18.2 Å². The standard InChI is InChI=1S/C13H17F2N3O5S2/c1-13(2,8-16)18(3)25(21,22)11-6-5-9(23-4)7-10(11)17-24(19,20)12(14)15/h5-7,12,17H,1-4H3. The van der Waals surface area contributed by atoms with E-state index in [4.69, 9.17) is 10.00 Å². The Morgan fingerprint density at radius 3 is 2.28 bits per heavy atom. The molecule has 0 aliphatic carbocycles. The van der Waals surface area contributed by atoms with Crippen molar-refractivity contribution < 1.29 is 30.4 Å². The molecule has 1 aromatic rings. The molecule has 1 rings (SSSR count). The van der Waals surface area contributed by atoms with Crippen molar-refractivity contribution >= 4 is 25.7 Å². The highest BCUT2D eigenvalue weighted by molar-refractivity contribution is 7.93. The SMILES string of the molecule is COc1ccc(S(=O)(=O)N(C)C(C)(C)C#N)c(NS(=O)(=O)C(F)F)c1. The van der Waals surface area contributed by atoms with Crippen LogP contribution in [0.4, 0.5) is 14.5 Å². The lowest BCUT2D eigenvalue weighted by Gasteiger charge is -2.29. The summed E-state index contributed by atoms with van der Waals surface area (Å²) in [5.74, 6) is -3.71. The normalized spacial score (nSPS) is 12.9. The Hall–Kier alpha value is -1.97. The summed E-state index contributed by atoms with van der Waals surface area (Å²) in [4.78, 5) is -0.594. The van der Waals surface area contributed by atoms with Gasteiger partial charge in [-0.15, -0.1) is 0 Å². The highest BCUT2D eigenvalue weighted by atomic mass is 32.2. The maximum absolute atomic E-state index is 12.7. The molecule has 0 fully saturated rings. The van der Waals surface area contributed by atoms with Crippen molar-refractivity contribution in [1.29, 1.82) is 5.26 Å². The Morgan fingerprint density at radius 1 is 1.28 bits per heavy atom. The van der Waals surface area contributed by atoms with Gasteiger partial charge < -0.3 is 4.74 Å². The molecule has 25 heavy (non-hydrogen) atoms. The Labute approximate surface area is 145 Å². The van der Waals surface area contributed by atoms with Crippen LogP contribution in [-0.2, 0) is 20.0 Å². The molecule has 0 bridgehead atoms. The van der Waals surface area contributed by atoms with E-state index in [9.17, 15) is 25.6 Å². The number of nitrogens with one attached hydrogen (secondary N) is 1. The Kier molecular flexibility index (Phi) is 5.99. The molecule has 0 aromatic heterocycles. The minimum Gasteiger partial charge on any atom is -0.497 e. The molecule has 0 radical (unpaired) electrons. The van der Waals surface area contributed by atoms with Gasteiger partial charge in [0.05, 0.1) is 18.9 Å². The lowest BCUT2D eigenvalue weighted by molar-refractivity contribution is 0.236. The van der Waals surface area contributed by atoms with Crippen LogP contribution < -0.4 is 9.46 Å². The summed E-state index contributed by atoms with van der Waals surface area (Å²) in [6.45, 7) is 2.66. The summed E-state index contributed by atoms with van der Waals surface area (Å²) in [7, 11) is -7.14. The summed E-state index contributed by atoms with van der Waals surface area (Å²) in [5, 5.41) is 9.10. The number of methoxy groups -OCH3 is 1. The Morgan fingerprint density at radius 2 is 1.84 bits per heavy atom. The topological polar surface area (TPSA) is 117 Å². The fraction of sp³-hybridized carbons (Fsp3) is 0.462. The quantitative estimate of drug-likeness (QED) is 0.747. The zero-order valence-corrected chi connectivity index (χ0v) is 15.5. The first-order valence-corrected chi connectivity index (χ1v) is 9.66. The van der Waals surface area contributed by atoms with E-state index >= 15 is 0 Å². The maximum Gasteiger partial charge on any atom is 0.355 e. The molecule has 0 saturated carbocycles. The second kappa shape index (κ2) is 7.11.